The zero-order valence-corrected chi connectivity index (χ0v) is 15.3. The number of hydrogen-bond acceptors (Lipinski definition) is 4. The van der Waals surface area contributed by atoms with E-state index in [-0.39, 0.29) is 12.5 Å². The van der Waals surface area contributed by atoms with Crippen LogP contribution in [-0.4, -0.2) is 31.6 Å². The van der Waals surface area contributed by atoms with Crippen LogP contribution in [-0.2, 0) is 9.53 Å². The van der Waals surface area contributed by atoms with Gasteiger partial charge in [-0.2, -0.15) is 0 Å². The SMILES string of the molecule is O=C(COC(=O)c1ccc(-c2ccccc2)cc1)NCCOc1ccccc1. The molecule has 0 radical (unpaired) electrons. The van der Waals surface area contributed by atoms with Gasteiger partial charge in [-0.25, -0.2) is 4.79 Å². The molecule has 0 aliphatic heterocycles. The summed E-state index contributed by atoms with van der Waals surface area (Å²) in [6, 6.07) is 26.3. The lowest BCUT2D eigenvalue weighted by Gasteiger charge is -2.08. The lowest BCUT2D eigenvalue weighted by atomic mass is 10.0. The van der Waals surface area contributed by atoms with Crippen LogP contribution in [0.2, 0.25) is 0 Å². The Balaban J connectivity index is 1.39. The first-order chi connectivity index (χ1) is 13.7. The van der Waals surface area contributed by atoms with Gasteiger partial charge in [0.1, 0.15) is 12.4 Å². The first kappa shape index (κ1) is 19.2. The van der Waals surface area contributed by atoms with E-state index >= 15 is 0 Å². The first-order valence-electron chi connectivity index (χ1n) is 8.99. The van der Waals surface area contributed by atoms with Crippen LogP contribution in [0, 0.1) is 0 Å². The molecule has 0 atom stereocenters. The molecule has 0 spiro atoms. The van der Waals surface area contributed by atoms with Crippen molar-refractivity contribution >= 4 is 11.9 Å². The smallest absolute Gasteiger partial charge is 0.338 e. The molecule has 0 heterocycles. The van der Waals surface area contributed by atoms with E-state index in [0.29, 0.717) is 18.7 Å². The Morgan fingerprint density at radius 2 is 1.36 bits per heavy atom. The zero-order valence-electron chi connectivity index (χ0n) is 15.3. The van der Waals surface area contributed by atoms with Crippen LogP contribution in [0.25, 0.3) is 11.1 Å². The van der Waals surface area contributed by atoms with Gasteiger partial charge < -0.3 is 14.8 Å². The number of para-hydroxylation sites is 1. The second-order valence-electron chi connectivity index (χ2n) is 6.03. The van der Waals surface area contributed by atoms with Crippen LogP contribution in [0.4, 0.5) is 0 Å². The summed E-state index contributed by atoms with van der Waals surface area (Å²) in [4.78, 5) is 23.9. The number of rotatable bonds is 8. The van der Waals surface area contributed by atoms with Gasteiger partial charge in [-0.15, -0.1) is 0 Å². The minimum atomic E-state index is -0.532. The third-order valence-corrected chi connectivity index (χ3v) is 4.00. The Morgan fingerprint density at radius 3 is 2.04 bits per heavy atom. The van der Waals surface area contributed by atoms with Gasteiger partial charge in [-0.1, -0.05) is 60.7 Å². The highest BCUT2D eigenvalue weighted by Gasteiger charge is 2.10. The third kappa shape index (κ3) is 5.71. The summed E-state index contributed by atoms with van der Waals surface area (Å²) in [6.45, 7) is 0.340. The Hall–Kier alpha value is -3.60. The van der Waals surface area contributed by atoms with Gasteiger partial charge in [0.15, 0.2) is 6.61 Å². The zero-order chi connectivity index (χ0) is 19.6. The normalized spacial score (nSPS) is 10.1. The highest BCUT2D eigenvalue weighted by molar-refractivity contribution is 5.91. The summed E-state index contributed by atoms with van der Waals surface area (Å²) >= 11 is 0. The molecular weight excluding hydrogens is 354 g/mol. The van der Waals surface area contributed by atoms with Crippen molar-refractivity contribution in [2.24, 2.45) is 0 Å². The molecule has 0 saturated heterocycles. The van der Waals surface area contributed by atoms with Crippen LogP contribution < -0.4 is 10.1 Å². The number of ether oxygens (including phenoxy) is 2. The molecular formula is C23H21NO4. The third-order valence-electron chi connectivity index (χ3n) is 4.00. The van der Waals surface area contributed by atoms with Gasteiger partial charge in [0, 0.05) is 0 Å². The van der Waals surface area contributed by atoms with E-state index < -0.39 is 5.97 Å². The van der Waals surface area contributed by atoms with E-state index in [1.54, 1.807) is 12.1 Å². The molecule has 0 aliphatic rings. The Bertz CT molecular complexity index is 893. The van der Waals surface area contributed by atoms with E-state index in [4.69, 9.17) is 9.47 Å². The number of hydrogen-bond donors (Lipinski definition) is 1. The molecule has 0 unspecified atom stereocenters. The van der Waals surface area contributed by atoms with Crippen LogP contribution in [0.1, 0.15) is 10.4 Å². The maximum atomic E-state index is 12.1. The molecule has 3 aromatic carbocycles. The summed E-state index contributed by atoms with van der Waals surface area (Å²) in [5.74, 6) is -0.164. The van der Waals surface area contributed by atoms with Crippen LogP contribution >= 0.6 is 0 Å². The molecule has 0 aromatic heterocycles. The van der Waals surface area contributed by atoms with Gasteiger partial charge in [0.2, 0.25) is 0 Å². The highest BCUT2D eigenvalue weighted by atomic mass is 16.5. The fourth-order valence-electron chi connectivity index (χ4n) is 2.57. The molecule has 5 heteroatoms. The average molecular weight is 375 g/mol. The second-order valence-corrected chi connectivity index (χ2v) is 6.03. The van der Waals surface area contributed by atoms with E-state index in [0.717, 1.165) is 16.9 Å². The molecule has 0 fully saturated rings. The lowest BCUT2D eigenvalue weighted by Crippen LogP contribution is -2.32. The predicted octanol–water partition coefficient (Wildman–Crippen LogP) is 3.71. The summed E-state index contributed by atoms with van der Waals surface area (Å²) in [5.41, 5.74) is 2.48. The molecule has 0 aliphatic carbocycles. The van der Waals surface area contributed by atoms with E-state index in [2.05, 4.69) is 5.32 Å². The monoisotopic (exact) mass is 375 g/mol. The molecule has 0 bridgehead atoms. The Labute approximate surface area is 163 Å². The number of esters is 1. The molecule has 0 saturated carbocycles. The summed E-state index contributed by atoms with van der Waals surface area (Å²) in [5, 5.41) is 2.65. The Morgan fingerprint density at radius 1 is 0.750 bits per heavy atom. The van der Waals surface area contributed by atoms with Crippen molar-refractivity contribution < 1.29 is 19.1 Å². The van der Waals surface area contributed by atoms with Crippen molar-refractivity contribution in [1.29, 1.82) is 0 Å². The van der Waals surface area contributed by atoms with E-state index in [1.165, 1.54) is 0 Å². The van der Waals surface area contributed by atoms with Crippen LogP contribution in [0.15, 0.2) is 84.9 Å². The molecule has 3 rings (SSSR count). The molecule has 5 nitrogen and oxygen atoms in total. The maximum Gasteiger partial charge on any atom is 0.338 e. The number of carbonyl (C=O) groups excluding carboxylic acids is 2. The number of nitrogens with one attached hydrogen (secondary N) is 1. The van der Waals surface area contributed by atoms with Crippen LogP contribution in [0.3, 0.4) is 0 Å². The van der Waals surface area contributed by atoms with Crippen molar-refractivity contribution in [1.82, 2.24) is 5.32 Å². The topological polar surface area (TPSA) is 64.6 Å². The minimum absolute atomic E-state index is 0.329. The first-order valence-corrected chi connectivity index (χ1v) is 8.99. The van der Waals surface area contributed by atoms with Gasteiger partial charge in [-0.05, 0) is 35.4 Å². The van der Waals surface area contributed by atoms with Crippen LogP contribution in [0.5, 0.6) is 5.75 Å². The molecule has 3 aromatic rings. The molecule has 28 heavy (non-hydrogen) atoms. The molecule has 1 N–H and O–H groups in total. The predicted molar refractivity (Wildman–Crippen MR) is 107 cm³/mol. The largest absolute Gasteiger partial charge is 0.492 e. The molecule has 142 valence electrons. The lowest BCUT2D eigenvalue weighted by molar-refractivity contribution is -0.124. The van der Waals surface area contributed by atoms with Gasteiger partial charge in [0.05, 0.1) is 12.1 Å². The summed E-state index contributed by atoms with van der Waals surface area (Å²) in [6.07, 6.45) is 0. The number of benzene rings is 3. The second kappa shape index (κ2) is 9.92. The van der Waals surface area contributed by atoms with Crippen molar-refractivity contribution in [2.75, 3.05) is 19.8 Å². The average Bonchev–Trinajstić information content (AvgIpc) is 2.76. The van der Waals surface area contributed by atoms with E-state index in [9.17, 15) is 9.59 Å². The van der Waals surface area contributed by atoms with Crippen molar-refractivity contribution in [2.45, 2.75) is 0 Å². The maximum absolute atomic E-state index is 12.1. The fraction of sp³-hybridized carbons (Fsp3) is 0.130. The van der Waals surface area contributed by atoms with Gasteiger partial charge in [-0.3, -0.25) is 4.79 Å². The molecule has 1 amide bonds. The summed E-state index contributed by atoms with van der Waals surface area (Å²) in [7, 11) is 0. The van der Waals surface area contributed by atoms with Crippen molar-refractivity contribution in [3.63, 3.8) is 0 Å². The Kier molecular flexibility index (Phi) is 6.79. The number of carbonyl (C=O) groups is 2. The highest BCUT2D eigenvalue weighted by Crippen LogP contribution is 2.19. The minimum Gasteiger partial charge on any atom is -0.492 e. The summed E-state index contributed by atoms with van der Waals surface area (Å²) < 4.78 is 10.5. The van der Waals surface area contributed by atoms with E-state index in [1.807, 2.05) is 72.8 Å². The van der Waals surface area contributed by atoms with Crippen molar-refractivity contribution in [3.8, 4) is 16.9 Å². The van der Waals surface area contributed by atoms with Gasteiger partial charge >= 0.3 is 5.97 Å². The van der Waals surface area contributed by atoms with Gasteiger partial charge in [0.25, 0.3) is 5.91 Å². The standard InChI is InChI=1S/C23H21NO4/c25-22(24-15-16-27-21-9-5-2-6-10-21)17-28-23(26)20-13-11-19(12-14-20)18-7-3-1-4-8-18/h1-14H,15-17H2,(H,24,25). The number of amides is 1. The van der Waals surface area contributed by atoms with Crippen molar-refractivity contribution in [3.05, 3.63) is 90.5 Å². The fourth-order valence-corrected chi connectivity index (χ4v) is 2.57. The quantitative estimate of drug-likeness (QED) is 0.482.